The van der Waals surface area contributed by atoms with Gasteiger partial charge in [-0.15, -0.1) is 10.2 Å². The molecule has 0 aliphatic heterocycles. The number of furan rings is 1. The van der Waals surface area contributed by atoms with E-state index in [2.05, 4.69) is 20.1 Å². The average molecular weight is 451 g/mol. The SMILES string of the molecule is O=C(CSc1nnc(-c2ccco2)n1C1CCCCC1)Nc1ccc(Cl)c(Cl)c1. The summed E-state index contributed by atoms with van der Waals surface area (Å²) < 4.78 is 7.69. The first-order chi connectivity index (χ1) is 14.1. The maximum absolute atomic E-state index is 12.4. The van der Waals surface area contributed by atoms with Crippen molar-refractivity contribution >= 4 is 46.6 Å². The Hall–Kier alpha value is -1.96. The molecule has 2 heterocycles. The third-order valence-corrected chi connectivity index (χ3v) is 6.56. The predicted octanol–water partition coefficient (Wildman–Crippen LogP) is 6.08. The molecular weight excluding hydrogens is 431 g/mol. The van der Waals surface area contributed by atoms with E-state index in [1.54, 1.807) is 24.5 Å². The molecule has 0 bridgehead atoms. The number of rotatable bonds is 6. The van der Waals surface area contributed by atoms with Crippen molar-refractivity contribution in [3.05, 3.63) is 46.6 Å². The molecule has 3 aromatic rings. The number of carbonyl (C=O) groups is 1. The van der Waals surface area contributed by atoms with E-state index in [9.17, 15) is 4.79 Å². The minimum absolute atomic E-state index is 0.147. The van der Waals surface area contributed by atoms with Crippen molar-refractivity contribution in [1.29, 1.82) is 0 Å². The van der Waals surface area contributed by atoms with Gasteiger partial charge in [-0.1, -0.05) is 54.2 Å². The van der Waals surface area contributed by atoms with Crippen molar-refractivity contribution in [1.82, 2.24) is 14.8 Å². The summed E-state index contributed by atoms with van der Waals surface area (Å²) in [4.78, 5) is 12.4. The molecule has 2 aromatic heterocycles. The van der Waals surface area contributed by atoms with Gasteiger partial charge in [0, 0.05) is 11.7 Å². The average Bonchev–Trinajstić information content (AvgIpc) is 3.39. The predicted molar refractivity (Wildman–Crippen MR) is 116 cm³/mol. The Bertz CT molecular complexity index is 985. The number of halogens is 2. The molecule has 9 heteroatoms. The Balaban J connectivity index is 1.49. The molecule has 0 spiro atoms. The monoisotopic (exact) mass is 450 g/mol. The summed E-state index contributed by atoms with van der Waals surface area (Å²) in [5, 5.41) is 13.1. The highest BCUT2D eigenvalue weighted by Gasteiger charge is 2.25. The molecule has 4 rings (SSSR count). The lowest BCUT2D eigenvalue weighted by molar-refractivity contribution is -0.113. The van der Waals surface area contributed by atoms with Crippen LogP contribution in [0.3, 0.4) is 0 Å². The molecule has 1 amide bonds. The molecule has 1 saturated carbocycles. The lowest BCUT2D eigenvalue weighted by Crippen LogP contribution is -2.17. The van der Waals surface area contributed by atoms with Crippen LogP contribution in [0.2, 0.25) is 10.0 Å². The van der Waals surface area contributed by atoms with Gasteiger partial charge in [-0.05, 0) is 43.2 Å². The third kappa shape index (κ3) is 4.79. The Morgan fingerprint density at radius 3 is 2.72 bits per heavy atom. The van der Waals surface area contributed by atoms with E-state index < -0.39 is 0 Å². The number of anilines is 1. The van der Waals surface area contributed by atoms with Crippen molar-refractivity contribution in [3.8, 4) is 11.6 Å². The van der Waals surface area contributed by atoms with Crippen LogP contribution in [0, 0.1) is 0 Å². The smallest absolute Gasteiger partial charge is 0.234 e. The third-order valence-electron chi connectivity index (χ3n) is 4.88. The van der Waals surface area contributed by atoms with Gasteiger partial charge < -0.3 is 9.73 Å². The van der Waals surface area contributed by atoms with Gasteiger partial charge >= 0.3 is 0 Å². The van der Waals surface area contributed by atoms with Crippen LogP contribution in [0.15, 0.2) is 46.2 Å². The number of hydrogen-bond donors (Lipinski definition) is 1. The van der Waals surface area contributed by atoms with E-state index in [-0.39, 0.29) is 11.7 Å². The highest BCUT2D eigenvalue weighted by molar-refractivity contribution is 7.99. The van der Waals surface area contributed by atoms with Crippen LogP contribution in [0.25, 0.3) is 11.6 Å². The van der Waals surface area contributed by atoms with Crippen LogP contribution in [0.1, 0.15) is 38.1 Å². The fraction of sp³-hybridized carbons (Fsp3) is 0.350. The van der Waals surface area contributed by atoms with E-state index in [4.69, 9.17) is 27.6 Å². The standard InChI is InChI=1S/C20H20Cl2N4O2S/c21-15-9-8-13(11-16(15)22)23-18(27)12-29-20-25-24-19(17-7-4-10-28-17)26(20)14-5-2-1-3-6-14/h4,7-11,14H,1-3,5-6,12H2,(H,23,27). The Morgan fingerprint density at radius 2 is 2.00 bits per heavy atom. The largest absolute Gasteiger partial charge is 0.461 e. The van der Waals surface area contributed by atoms with Gasteiger partial charge in [0.25, 0.3) is 0 Å². The number of benzene rings is 1. The number of carbonyl (C=O) groups excluding carboxylic acids is 1. The summed E-state index contributed by atoms with van der Waals surface area (Å²) >= 11 is 13.3. The van der Waals surface area contributed by atoms with Crippen molar-refractivity contribution < 1.29 is 9.21 Å². The van der Waals surface area contributed by atoms with E-state index in [0.29, 0.717) is 33.4 Å². The molecule has 1 aliphatic rings. The Morgan fingerprint density at radius 1 is 1.17 bits per heavy atom. The van der Waals surface area contributed by atoms with Crippen molar-refractivity contribution in [3.63, 3.8) is 0 Å². The van der Waals surface area contributed by atoms with E-state index in [1.165, 1.54) is 31.0 Å². The van der Waals surface area contributed by atoms with Gasteiger partial charge in [0.1, 0.15) is 0 Å². The number of nitrogens with zero attached hydrogens (tertiary/aromatic N) is 3. The zero-order valence-electron chi connectivity index (χ0n) is 15.6. The summed E-state index contributed by atoms with van der Waals surface area (Å²) in [5.74, 6) is 1.47. The maximum Gasteiger partial charge on any atom is 0.234 e. The van der Waals surface area contributed by atoms with Gasteiger partial charge in [0.05, 0.1) is 22.1 Å². The molecule has 0 radical (unpaired) electrons. The van der Waals surface area contributed by atoms with Crippen molar-refractivity contribution in [2.24, 2.45) is 0 Å². The van der Waals surface area contributed by atoms with Crippen LogP contribution in [-0.2, 0) is 4.79 Å². The zero-order valence-corrected chi connectivity index (χ0v) is 17.9. The molecule has 0 saturated heterocycles. The molecule has 152 valence electrons. The lowest BCUT2D eigenvalue weighted by Gasteiger charge is -2.25. The van der Waals surface area contributed by atoms with Crippen molar-refractivity contribution in [2.45, 2.75) is 43.3 Å². The minimum Gasteiger partial charge on any atom is -0.461 e. The van der Waals surface area contributed by atoms with Gasteiger partial charge in [0.15, 0.2) is 10.9 Å². The normalized spacial score (nSPS) is 14.8. The molecule has 0 atom stereocenters. The minimum atomic E-state index is -0.147. The highest BCUT2D eigenvalue weighted by Crippen LogP contribution is 2.35. The molecule has 6 nitrogen and oxygen atoms in total. The van der Waals surface area contributed by atoms with Gasteiger partial charge in [-0.3, -0.25) is 9.36 Å². The summed E-state index contributed by atoms with van der Waals surface area (Å²) in [7, 11) is 0. The fourth-order valence-electron chi connectivity index (χ4n) is 3.52. The highest BCUT2D eigenvalue weighted by atomic mass is 35.5. The topological polar surface area (TPSA) is 73.0 Å². The number of aromatic nitrogens is 3. The molecule has 0 unspecified atom stereocenters. The maximum atomic E-state index is 12.4. The van der Waals surface area contributed by atoms with Crippen LogP contribution in [0.4, 0.5) is 5.69 Å². The first-order valence-corrected chi connectivity index (χ1v) is 11.2. The quantitative estimate of drug-likeness (QED) is 0.460. The van der Waals surface area contributed by atoms with E-state index >= 15 is 0 Å². The van der Waals surface area contributed by atoms with Gasteiger partial charge in [-0.2, -0.15) is 0 Å². The van der Waals surface area contributed by atoms with Gasteiger partial charge in [-0.25, -0.2) is 0 Å². The molecule has 1 fully saturated rings. The first kappa shape index (κ1) is 20.3. The lowest BCUT2D eigenvalue weighted by atomic mass is 9.95. The van der Waals surface area contributed by atoms with Crippen LogP contribution in [-0.4, -0.2) is 26.4 Å². The number of thioether (sulfide) groups is 1. The fourth-order valence-corrected chi connectivity index (χ4v) is 4.62. The van der Waals surface area contributed by atoms with Crippen LogP contribution < -0.4 is 5.32 Å². The number of hydrogen-bond acceptors (Lipinski definition) is 5. The van der Waals surface area contributed by atoms with Crippen LogP contribution >= 0.6 is 35.0 Å². The van der Waals surface area contributed by atoms with E-state index in [1.807, 2.05) is 12.1 Å². The number of amides is 1. The summed E-state index contributed by atoms with van der Waals surface area (Å²) in [6, 6.07) is 9.05. The van der Waals surface area contributed by atoms with Crippen LogP contribution in [0.5, 0.6) is 0 Å². The number of nitrogens with one attached hydrogen (secondary N) is 1. The second kappa shape index (κ2) is 9.24. The summed E-state index contributed by atoms with van der Waals surface area (Å²) in [6.45, 7) is 0. The Kier molecular flexibility index (Phi) is 6.47. The molecule has 1 aliphatic carbocycles. The van der Waals surface area contributed by atoms with E-state index in [0.717, 1.165) is 18.0 Å². The van der Waals surface area contributed by atoms with Crippen molar-refractivity contribution in [2.75, 3.05) is 11.1 Å². The molecule has 1 aromatic carbocycles. The molecule has 29 heavy (non-hydrogen) atoms. The molecular formula is C20H20Cl2N4O2S. The second-order valence-electron chi connectivity index (χ2n) is 6.91. The summed E-state index contributed by atoms with van der Waals surface area (Å²) in [5.41, 5.74) is 0.607. The Labute approximate surface area is 183 Å². The summed E-state index contributed by atoms with van der Waals surface area (Å²) in [6.07, 6.45) is 7.41. The first-order valence-electron chi connectivity index (χ1n) is 9.48. The molecule has 1 N–H and O–H groups in total. The van der Waals surface area contributed by atoms with Gasteiger partial charge in [0.2, 0.25) is 11.7 Å². The zero-order chi connectivity index (χ0) is 20.2. The second-order valence-corrected chi connectivity index (χ2v) is 8.67.